The lowest BCUT2D eigenvalue weighted by atomic mass is 10.1. The van der Waals surface area contributed by atoms with E-state index in [4.69, 9.17) is 11.1 Å². The fourth-order valence-electron chi connectivity index (χ4n) is 1.75. The minimum Gasteiger partial charge on any atom is -0.370 e. The first-order valence-electron chi connectivity index (χ1n) is 6.30. The molecule has 1 radical (unpaired) electrons. The molecule has 0 spiro atoms. The quantitative estimate of drug-likeness (QED) is 0.509. The second-order valence-electron chi connectivity index (χ2n) is 4.44. The third kappa shape index (κ3) is 4.24. The summed E-state index contributed by atoms with van der Waals surface area (Å²) in [6.45, 7) is 0.354. The lowest BCUT2D eigenvalue weighted by Crippen LogP contribution is -2.23. The van der Waals surface area contributed by atoms with Crippen molar-refractivity contribution >= 4 is 17.6 Å². The molecule has 0 atom stereocenters. The van der Waals surface area contributed by atoms with E-state index in [-0.39, 0.29) is 17.6 Å². The van der Waals surface area contributed by atoms with Crippen LogP contribution in [0.25, 0.3) is 0 Å². The molecular formula is C15H15N4O2. The van der Waals surface area contributed by atoms with Gasteiger partial charge in [0.15, 0.2) is 11.7 Å². The molecule has 2 rings (SSSR count). The molecule has 0 unspecified atom stereocenters. The number of hydrogen-bond donors (Lipinski definition) is 4. The zero-order chi connectivity index (χ0) is 15.2. The summed E-state index contributed by atoms with van der Waals surface area (Å²) in [6, 6.07) is 12.9. The normalized spacial score (nSPS) is 9.90. The largest absolute Gasteiger partial charge is 0.370 e. The molecule has 0 aliphatic heterocycles. The molecule has 2 aromatic rings. The van der Waals surface area contributed by atoms with Crippen LogP contribution in [0, 0.1) is 5.41 Å². The van der Waals surface area contributed by atoms with Crippen LogP contribution in [-0.2, 0) is 11.7 Å². The maximum Gasteiger partial charge on any atom is 0.251 e. The van der Waals surface area contributed by atoms with Gasteiger partial charge in [0, 0.05) is 17.8 Å². The maximum absolute atomic E-state index is 12.0. The SMILES string of the molecule is N=C(N)Nc1ccc(C(=O)NCc2ccc([O])cc2)cc1. The number of carbonyl (C=O) groups excluding carboxylic acids is 1. The highest BCUT2D eigenvalue weighted by molar-refractivity contribution is 5.95. The fourth-order valence-corrected chi connectivity index (χ4v) is 1.75. The molecule has 0 aromatic heterocycles. The number of carbonyl (C=O) groups is 1. The number of anilines is 1. The molecule has 0 saturated carbocycles. The van der Waals surface area contributed by atoms with Gasteiger partial charge in [0.05, 0.1) is 0 Å². The first-order chi connectivity index (χ1) is 10.0. The molecule has 2 aromatic carbocycles. The molecule has 0 fully saturated rings. The average Bonchev–Trinajstić information content (AvgIpc) is 2.46. The van der Waals surface area contributed by atoms with E-state index < -0.39 is 0 Å². The summed E-state index contributed by atoms with van der Waals surface area (Å²) in [5.41, 5.74) is 7.22. The summed E-state index contributed by atoms with van der Waals surface area (Å²) >= 11 is 0. The second-order valence-corrected chi connectivity index (χ2v) is 4.44. The number of nitrogens with two attached hydrogens (primary N) is 1. The van der Waals surface area contributed by atoms with Crippen LogP contribution >= 0.6 is 0 Å². The van der Waals surface area contributed by atoms with Gasteiger partial charge in [-0.1, -0.05) is 12.1 Å². The number of guanidine groups is 1. The van der Waals surface area contributed by atoms with Crippen LogP contribution in [0.5, 0.6) is 5.75 Å². The maximum atomic E-state index is 12.0. The lowest BCUT2D eigenvalue weighted by molar-refractivity contribution is 0.0951. The first-order valence-corrected chi connectivity index (χ1v) is 6.30. The molecule has 6 heteroatoms. The molecular weight excluding hydrogens is 268 g/mol. The van der Waals surface area contributed by atoms with Gasteiger partial charge < -0.3 is 16.4 Å². The Morgan fingerprint density at radius 3 is 2.24 bits per heavy atom. The first kappa shape index (κ1) is 14.4. The summed E-state index contributed by atoms with van der Waals surface area (Å²) < 4.78 is 0. The molecule has 6 nitrogen and oxygen atoms in total. The van der Waals surface area contributed by atoms with Gasteiger partial charge in [-0.15, -0.1) is 0 Å². The molecule has 0 aliphatic rings. The van der Waals surface area contributed by atoms with Crippen molar-refractivity contribution < 1.29 is 9.90 Å². The summed E-state index contributed by atoms with van der Waals surface area (Å²) in [7, 11) is 0. The second kappa shape index (κ2) is 6.42. The van der Waals surface area contributed by atoms with E-state index in [1.54, 1.807) is 36.4 Å². The van der Waals surface area contributed by atoms with Crippen molar-refractivity contribution in [1.29, 1.82) is 5.41 Å². The molecule has 107 valence electrons. The highest BCUT2D eigenvalue weighted by Crippen LogP contribution is 2.11. The van der Waals surface area contributed by atoms with Crippen molar-refractivity contribution in [2.75, 3.05) is 5.32 Å². The summed E-state index contributed by atoms with van der Waals surface area (Å²) in [4.78, 5) is 12.0. The molecule has 5 N–H and O–H groups in total. The third-order valence-electron chi connectivity index (χ3n) is 2.80. The number of amides is 1. The van der Waals surface area contributed by atoms with E-state index in [0.717, 1.165) is 5.56 Å². The molecule has 0 aliphatic carbocycles. The Labute approximate surface area is 122 Å². The summed E-state index contributed by atoms with van der Waals surface area (Å²) in [6.07, 6.45) is 0. The summed E-state index contributed by atoms with van der Waals surface area (Å²) in [5, 5.41) is 23.5. The van der Waals surface area contributed by atoms with Crippen LogP contribution in [0.4, 0.5) is 5.69 Å². The van der Waals surface area contributed by atoms with E-state index in [1.807, 2.05) is 0 Å². The third-order valence-corrected chi connectivity index (χ3v) is 2.80. The van der Waals surface area contributed by atoms with E-state index in [2.05, 4.69) is 10.6 Å². The average molecular weight is 283 g/mol. The van der Waals surface area contributed by atoms with Gasteiger partial charge in [-0.25, -0.2) is 0 Å². The van der Waals surface area contributed by atoms with Gasteiger partial charge in [-0.2, -0.15) is 0 Å². The van der Waals surface area contributed by atoms with Gasteiger partial charge in [0.1, 0.15) is 0 Å². The van der Waals surface area contributed by atoms with Crippen LogP contribution in [-0.4, -0.2) is 11.9 Å². The highest BCUT2D eigenvalue weighted by atomic mass is 16.3. The number of hydrogen-bond acceptors (Lipinski definition) is 2. The number of benzene rings is 2. The number of nitrogens with one attached hydrogen (secondary N) is 3. The van der Waals surface area contributed by atoms with Gasteiger partial charge >= 0.3 is 0 Å². The monoisotopic (exact) mass is 283 g/mol. The predicted octanol–water partition coefficient (Wildman–Crippen LogP) is 2.07. The Kier molecular flexibility index (Phi) is 4.40. The summed E-state index contributed by atoms with van der Waals surface area (Å²) in [5.74, 6) is -0.428. The lowest BCUT2D eigenvalue weighted by Gasteiger charge is -2.07. The van der Waals surface area contributed by atoms with Crippen molar-refractivity contribution in [3.63, 3.8) is 0 Å². The van der Waals surface area contributed by atoms with E-state index in [0.29, 0.717) is 17.8 Å². The molecule has 21 heavy (non-hydrogen) atoms. The van der Waals surface area contributed by atoms with Crippen molar-refractivity contribution in [3.05, 3.63) is 59.7 Å². The van der Waals surface area contributed by atoms with Gasteiger partial charge in [0.25, 0.3) is 5.91 Å². The van der Waals surface area contributed by atoms with Crippen LogP contribution in [0.1, 0.15) is 15.9 Å². The zero-order valence-electron chi connectivity index (χ0n) is 11.2. The number of rotatable bonds is 4. The zero-order valence-corrected chi connectivity index (χ0v) is 11.2. The standard InChI is InChI=1S/C15H15N4O2/c16-15(17)19-12-5-3-11(4-6-12)14(21)18-9-10-1-7-13(20)8-2-10/h1-8H,9H2,(H,18,21)(H4,16,17,19). The molecule has 1 amide bonds. The van der Waals surface area contributed by atoms with E-state index >= 15 is 0 Å². The minimum absolute atomic E-state index is 0.0568. The minimum atomic E-state index is -0.212. The molecule has 0 saturated heterocycles. The van der Waals surface area contributed by atoms with Gasteiger partial charge in [-0.3, -0.25) is 15.3 Å². The topological polar surface area (TPSA) is 111 Å². The van der Waals surface area contributed by atoms with Crippen LogP contribution in [0.15, 0.2) is 48.5 Å². The van der Waals surface area contributed by atoms with E-state index in [1.165, 1.54) is 12.1 Å². The van der Waals surface area contributed by atoms with Crippen LogP contribution < -0.4 is 16.4 Å². The molecule has 0 heterocycles. The van der Waals surface area contributed by atoms with Crippen molar-refractivity contribution in [1.82, 2.24) is 5.32 Å². The fraction of sp³-hybridized carbons (Fsp3) is 0.0667. The predicted molar refractivity (Wildman–Crippen MR) is 79.7 cm³/mol. The molecule has 0 bridgehead atoms. The van der Waals surface area contributed by atoms with Gasteiger partial charge in [-0.05, 0) is 42.0 Å². The van der Waals surface area contributed by atoms with E-state index in [9.17, 15) is 9.90 Å². The van der Waals surface area contributed by atoms with Crippen LogP contribution in [0.2, 0.25) is 0 Å². The van der Waals surface area contributed by atoms with Crippen molar-refractivity contribution in [2.45, 2.75) is 6.54 Å². The van der Waals surface area contributed by atoms with Crippen molar-refractivity contribution in [3.8, 4) is 5.75 Å². The Hall–Kier alpha value is -3.02. The smallest absolute Gasteiger partial charge is 0.251 e. The Balaban J connectivity index is 1.93. The van der Waals surface area contributed by atoms with Gasteiger partial charge in [0.2, 0.25) is 0 Å². The highest BCUT2D eigenvalue weighted by Gasteiger charge is 2.05. The Bertz CT molecular complexity index is 636. The Morgan fingerprint density at radius 1 is 1.05 bits per heavy atom. The van der Waals surface area contributed by atoms with Crippen LogP contribution in [0.3, 0.4) is 0 Å². The Morgan fingerprint density at radius 2 is 1.67 bits per heavy atom. The van der Waals surface area contributed by atoms with Crippen molar-refractivity contribution in [2.24, 2.45) is 5.73 Å².